The molecule has 0 aliphatic carbocycles. The average Bonchev–Trinajstić information content (AvgIpc) is 2.67. The number of anilines is 4. The largest absolute Gasteiger partial charge is 0.494 e. The van der Waals surface area contributed by atoms with Gasteiger partial charge in [0.15, 0.2) is 5.82 Å². The van der Waals surface area contributed by atoms with Crippen LogP contribution in [0.5, 0.6) is 5.75 Å². The minimum atomic E-state index is -0.921. The third-order valence-corrected chi connectivity index (χ3v) is 4.68. The highest BCUT2D eigenvalue weighted by Crippen LogP contribution is 2.33. The van der Waals surface area contributed by atoms with Gasteiger partial charge in [0.25, 0.3) is 5.91 Å². The Bertz CT molecular complexity index is 948. The molecule has 1 aliphatic heterocycles. The van der Waals surface area contributed by atoms with Gasteiger partial charge in [-0.3, -0.25) is 4.79 Å². The van der Waals surface area contributed by atoms with E-state index in [2.05, 4.69) is 20.2 Å². The maximum atomic E-state index is 11.7. The van der Waals surface area contributed by atoms with E-state index in [-0.39, 0.29) is 22.5 Å². The van der Waals surface area contributed by atoms with Crippen LogP contribution in [0.4, 0.5) is 27.8 Å². The molecule has 6 N–H and O–H groups in total. The third-order valence-electron chi connectivity index (χ3n) is 4.51. The molecular weight excluding hydrogens is 402 g/mol. The van der Waals surface area contributed by atoms with Crippen LogP contribution in [0.2, 0.25) is 5.28 Å². The van der Waals surface area contributed by atoms with Crippen LogP contribution < -0.4 is 26.4 Å². The topological polar surface area (TPSA) is 160 Å². The van der Waals surface area contributed by atoms with E-state index in [1.807, 2.05) is 6.07 Å². The predicted molar refractivity (Wildman–Crippen MR) is 108 cm³/mol. The normalized spacial score (nSPS) is 13.9. The van der Waals surface area contributed by atoms with Crippen molar-refractivity contribution in [1.82, 2.24) is 14.9 Å². The van der Waals surface area contributed by atoms with Crippen LogP contribution in [-0.2, 0) is 0 Å². The van der Waals surface area contributed by atoms with Crippen molar-refractivity contribution in [3.63, 3.8) is 0 Å². The summed E-state index contributed by atoms with van der Waals surface area (Å²) in [6.07, 6.45) is -0.921. The van der Waals surface area contributed by atoms with Crippen molar-refractivity contribution in [2.45, 2.75) is 0 Å². The first-order valence-corrected chi connectivity index (χ1v) is 8.98. The molecule has 0 atom stereocenters. The van der Waals surface area contributed by atoms with Crippen LogP contribution >= 0.6 is 11.6 Å². The number of amides is 2. The van der Waals surface area contributed by atoms with Gasteiger partial charge in [0.2, 0.25) is 5.28 Å². The Labute approximate surface area is 171 Å². The van der Waals surface area contributed by atoms with Gasteiger partial charge in [0, 0.05) is 37.9 Å². The molecule has 1 fully saturated rings. The van der Waals surface area contributed by atoms with Crippen molar-refractivity contribution in [2.24, 2.45) is 5.73 Å². The van der Waals surface area contributed by atoms with E-state index >= 15 is 0 Å². The van der Waals surface area contributed by atoms with Crippen LogP contribution in [0.3, 0.4) is 0 Å². The zero-order valence-electron chi connectivity index (χ0n) is 15.6. The fraction of sp³-hybridized carbons (Fsp3) is 0.294. The van der Waals surface area contributed by atoms with E-state index in [0.717, 1.165) is 5.69 Å². The second-order valence-corrected chi connectivity index (χ2v) is 6.57. The minimum Gasteiger partial charge on any atom is -0.494 e. The van der Waals surface area contributed by atoms with Crippen molar-refractivity contribution < 1.29 is 19.4 Å². The number of hydrogen-bond acceptors (Lipinski definition) is 8. The summed E-state index contributed by atoms with van der Waals surface area (Å²) < 4.78 is 5.45. The Kier molecular flexibility index (Phi) is 5.78. The number of methoxy groups -OCH3 is 1. The number of halogens is 1. The maximum absolute atomic E-state index is 11.7. The van der Waals surface area contributed by atoms with E-state index in [0.29, 0.717) is 37.6 Å². The van der Waals surface area contributed by atoms with Crippen molar-refractivity contribution in [3.8, 4) is 5.75 Å². The molecule has 0 saturated carbocycles. The molecule has 0 radical (unpaired) electrons. The molecule has 154 valence electrons. The fourth-order valence-electron chi connectivity index (χ4n) is 3.05. The van der Waals surface area contributed by atoms with E-state index in [1.54, 1.807) is 12.1 Å². The monoisotopic (exact) mass is 421 g/mol. The number of nitrogen functional groups attached to an aromatic ring is 1. The first kappa shape index (κ1) is 20.3. The van der Waals surface area contributed by atoms with Crippen molar-refractivity contribution in [1.29, 1.82) is 0 Å². The molecule has 29 heavy (non-hydrogen) atoms. The molecule has 1 saturated heterocycles. The third kappa shape index (κ3) is 4.35. The summed E-state index contributed by atoms with van der Waals surface area (Å²) in [7, 11) is 1.50. The molecule has 1 aromatic carbocycles. The summed E-state index contributed by atoms with van der Waals surface area (Å²) in [5, 5.41) is 11.9. The van der Waals surface area contributed by atoms with E-state index in [4.69, 9.17) is 32.9 Å². The van der Waals surface area contributed by atoms with Gasteiger partial charge < -0.3 is 36.4 Å². The Balaban J connectivity index is 1.86. The average molecular weight is 422 g/mol. The number of benzene rings is 1. The number of carbonyl (C=O) groups excluding carboxylic acids is 1. The number of carboxylic acid groups (broad SMARTS) is 1. The number of primary amides is 1. The minimum absolute atomic E-state index is 0.0659. The Hall–Kier alpha value is -3.47. The van der Waals surface area contributed by atoms with Gasteiger partial charge in [-0.15, -0.1) is 0 Å². The molecule has 3 rings (SSSR count). The SMILES string of the molecule is COc1cc(N2CCN(C(=O)O)CC2)ccc1Nc1nc(Cl)nc(N)c1C(N)=O. The fourth-order valence-corrected chi connectivity index (χ4v) is 3.22. The Morgan fingerprint density at radius 2 is 1.93 bits per heavy atom. The number of hydrogen-bond donors (Lipinski definition) is 4. The highest BCUT2D eigenvalue weighted by Gasteiger charge is 2.22. The van der Waals surface area contributed by atoms with Gasteiger partial charge in [0.1, 0.15) is 17.1 Å². The summed E-state index contributed by atoms with van der Waals surface area (Å²) in [6, 6.07) is 5.39. The highest BCUT2D eigenvalue weighted by molar-refractivity contribution is 6.28. The van der Waals surface area contributed by atoms with Crippen LogP contribution in [0, 0.1) is 0 Å². The van der Waals surface area contributed by atoms with Gasteiger partial charge in [-0.2, -0.15) is 4.98 Å². The molecule has 0 bridgehead atoms. The highest BCUT2D eigenvalue weighted by atomic mass is 35.5. The number of aromatic nitrogens is 2. The number of ether oxygens (including phenoxy) is 1. The predicted octanol–water partition coefficient (Wildman–Crippen LogP) is 1.36. The lowest BCUT2D eigenvalue weighted by atomic mass is 10.2. The Morgan fingerprint density at radius 1 is 1.24 bits per heavy atom. The van der Waals surface area contributed by atoms with E-state index in [1.165, 1.54) is 12.0 Å². The summed E-state index contributed by atoms with van der Waals surface area (Å²) in [4.78, 5) is 34.0. The molecule has 1 aliphatic rings. The molecule has 0 unspecified atom stereocenters. The number of nitrogens with two attached hydrogens (primary N) is 2. The Morgan fingerprint density at radius 3 is 2.52 bits per heavy atom. The van der Waals surface area contributed by atoms with Crippen LogP contribution in [0.15, 0.2) is 18.2 Å². The molecule has 0 spiro atoms. The van der Waals surface area contributed by atoms with Crippen molar-refractivity contribution in [2.75, 3.05) is 49.2 Å². The second kappa shape index (κ2) is 8.27. The molecular formula is C17H20ClN7O4. The van der Waals surface area contributed by atoms with Gasteiger partial charge in [-0.25, -0.2) is 9.78 Å². The number of piperazine rings is 1. The van der Waals surface area contributed by atoms with E-state index < -0.39 is 12.0 Å². The smallest absolute Gasteiger partial charge is 0.407 e. The van der Waals surface area contributed by atoms with Gasteiger partial charge >= 0.3 is 6.09 Å². The number of nitrogens with zero attached hydrogens (tertiary/aromatic N) is 4. The van der Waals surface area contributed by atoms with Crippen molar-refractivity contribution in [3.05, 3.63) is 29.0 Å². The van der Waals surface area contributed by atoms with Crippen LogP contribution in [-0.4, -0.2) is 65.3 Å². The molecule has 1 aromatic heterocycles. The number of rotatable bonds is 5. The number of nitrogens with one attached hydrogen (secondary N) is 1. The molecule has 12 heteroatoms. The zero-order valence-corrected chi connectivity index (χ0v) is 16.3. The van der Waals surface area contributed by atoms with Crippen molar-refractivity contribution >= 4 is 46.6 Å². The molecule has 2 aromatic rings. The first-order chi connectivity index (χ1) is 13.8. The summed E-state index contributed by atoms with van der Waals surface area (Å²) in [5.74, 6) is -0.386. The quantitative estimate of drug-likeness (QED) is 0.522. The van der Waals surface area contributed by atoms with Gasteiger partial charge in [-0.1, -0.05) is 0 Å². The first-order valence-electron chi connectivity index (χ1n) is 8.61. The van der Waals surface area contributed by atoms with Crippen LogP contribution in [0.1, 0.15) is 10.4 Å². The van der Waals surface area contributed by atoms with Crippen LogP contribution in [0.25, 0.3) is 0 Å². The number of carbonyl (C=O) groups is 2. The standard InChI is InChI=1S/C17H20ClN7O4/c1-29-11-8-9(24-4-6-25(7-5-24)17(27)28)2-3-10(11)21-15-12(14(20)26)13(19)22-16(18)23-15/h2-3,8H,4-7H2,1H3,(H2,20,26)(H,27,28)(H3,19,21,22,23). The van der Waals surface area contributed by atoms with E-state index in [9.17, 15) is 9.59 Å². The van der Waals surface area contributed by atoms with Gasteiger partial charge in [0.05, 0.1) is 12.8 Å². The lowest BCUT2D eigenvalue weighted by Crippen LogP contribution is -2.48. The second-order valence-electron chi connectivity index (χ2n) is 6.23. The lowest BCUT2D eigenvalue weighted by molar-refractivity contribution is 0.100. The summed E-state index contributed by atoms with van der Waals surface area (Å²) in [6.45, 7) is 1.95. The molecule has 2 amide bonds. The summed E-state index contributed by atoms with van der Waals surface area (Å²) >= 11 is 5.85. The zero-order chi connectivity index (χ0) is 21.1. The molecule has 11 nitrogen and oxygen atoms in total. The summed E-state index contributed by atoms with van der Waals surface area (Å²) in [5.41, 5.74) is 12.4. The maximum Gasteiger partial charge on any atom is 0.407 e. The van der Waals surface area contributed by atoms with Gasteiger partial charge in [-0.05, 0) is 23.7 Å². The lowest BCUT2D eigenvalue weighted by Gasteiger charge is -2.34. The molecule has 2 heterocycles.